The van der Waals surface area contributed by atoms with Crippen molar-refractivity contribution < 1.29 is 18.9 Å². The number of fused-ring (bicyclic) bond motifs is 4. The van der Waals surface area contributed by atoms with E-state index in [1.54, 1.807) is 28.4 Å². The molecule has 0 amide bonds. The lowest BCUT2D eigenvalue weighted by atomic mass is 9.66. The van der Waals surface area contributed by atoms with Gasteiger partial charge in [-0.1, -0.05) is 59.7 Å². The second kappa shape index (κ2) is 10.9. The maximum absolute atomic E-state index is 6.03. The minimum atomic E-state index is -0.437. The Bertz CT molecular complexity index is 2100. The van der Waals surface area contributed by atoms with Gasteiger partial charge in [0.1, 0.15) is 23.0 Å². The Labute approximate surface area is 270 Å². The van der Waals surface area contributed by atoms with Crippen molar-refractivity contribution in [2.45, 2.75) is 52.0 Å². The number of methoxy groups -OCH3 is 4. The molecule has 1 aliphatic heterocycles. The van der Waals surface area contributed by atoms with Crippen LogP contribution in [0.1, 0.15) is 63.7 Å². The van der Waals surface area contributed by atoms with Crippen LogP contribution in [-0.2, 0) is 5.41 Å². The monoisotopic (exact) mass is 614 g/mol. The van der Waals surface area contributed by atoms with Crippen molar-refractivity contribution in [3.8, 4) is 23.0 Å². The van der Waals surface area contributed by atoms with Gasteiger partial charge in [-0.2, -0.15) is 0 Å². The van der Waals surface area contributed by atoms with E-state index in [4.69, 9.17) is 18.9 Å². The van der Waals surface area contributed by atoms with Gasteiger partial charge in [0.15, 0.2) is 0 Å². The Morgan fingerprint density at radius 1 is 0.652 bits per heavy atom. The van der Waals surface area contributed by atoms with Crippen LogP contribution in [-0.4, -0.2) is 38.0 Å². The molecule has 0 aliphatic carbocycles. The first-order valence-electron chi connectivity index (χ1n) is 15.8. The molecule has 7 rings (SSSR count). The number of ether oxygens (including phenoxy) is 4. The van der Waals surface area contributed by atoms with Crippen molar-refractivity contribution >= 4 is 21.8 Å². The second-order valence-corrected chi connectivity index (χ2v) is 12.9. The topological polar surface area (TPSA) is 57.6 Å². The Hall–Kier alpha value is -4.84. The highest BCUT2D eigenvalue weighted by atomic mass is 16.5. The van der Waals surface area contributed by atoms with Crippen molar-refractivity contribution in [1.82, 2.24) is 9.55 Å². The molecule has 0 radical (unpaired) electrons. The number of aryl methyl sites for hydroxylation is 4. The molecular formula is C40H42N2O4. The van der Waals surface area contributed by atoms with Gasteiger partial charge >= 0.3 is 0 Å². The van der Waals surface area contributed by atoms with E-state index in [1.807, 2.05) is 12.1 Å². The van der Waals surface area contributed by atoms with E-state index in [2.05, 4.69) is 105 Å². The highest BCUT2D eigenvalue weighted by molar-refractivity contribution is 5.95. The van der Waals surface area contributed by atoms with Crippen molar-refractivity contribution in [1.29, 1.82) is 0 Å². The summed E-state index contributed by atoms with van der Waals surface area (Å²) < 4.78 is 26.0. The maximum atomic E-state index is 6.03. The Morgan fingerprint density at radius 2 is 1.22 bits per heavy atom. The summed E-state index contributed by atoms with van der Waals surface area (Å²) in [7, 11) is 6.88. The normalized spacial score (nSPS) is 19.1. The lowest BCUT2D eigenvalue weighted by Crippen LogP contribution is -2.31. The van der Waals surface area contributed by atoms with Crippen LogP contribution in [0.3, 0.4) is 0 Å². The van der Waals surface area contributed by atoms with Gasteiger partial charge in [0.2, 0.25) is 0 Å². The fourth-order valence-corrected chi connectivity index (χ4v) is 8.19. The zero-order valence-corrected chi connectivity index (χ0v) is 28.2. The summed E-state index contributed by atoms with van der Waals surface area (Å²) in [4.78, 5) is 3.92. The first kappa shape index (κ1) is 29.8. The second-order valence-electron chi connectivity index (χ2n) is 12.9. The average Bonchev–Trinajstić information content (AvgIpc) is 3.66. The third-order valence-electron chi connectivity index (χ3n) is 10.4. The molecular weight excluding hydrogens is 572 g/mol. The SMILES string of the molecule is COc1cc(OC)c2c(C)c(C3C(c4ccc(C)cc4)n4c(c(C)c5c(OC)cc(OC)cc54)C3(C)c3ccc(C)cc3)[nH]c2c1. The van der Waals surface area contributed by atoms with Crippen molar-refractivity contribution in [3.05, 3.63) is 118 Å². The van der Waals surface area contributed by atoms with Gasteiger partial charge in [-0.3, -0.25) is 0 Å². The molecule has 3 atom stereocenters. The minimum absolute atomic E-state index is 0.00342. The minimum Gasteiger partial charge on any atom is -0.497 e. The number of aromatic amines is 1. The third kappa shape index (κ3) is 4.15. The zero-order valence-electron chi connectivity index (χ0n) is 28.2. The molecule has 2 aromatic heterocycles. The quantitative estimate of drug-likeness (QED) is 0.195. The molecule has 0 saturated heterocycles. The van der Waals surface area contributed by atoms with Crippen LogP contribution in [0.25, 0.3) is 21.8 Å². The molecule has 6 nitrogen and oxygen atoms in total. The summed E-state index contributed by atoms with van der Waals surface area (Å²) >= 11 is 0. The van der Waals surface area contributed by atoms with Gasteiger partial charge in [0.25, 0.3) is 0 Å². The number of rotatable bonds is 7. The molecule has 0 fully saturated rings. The van der Waals surface area contributed by atoms with Crippen LogP contribution >= 0.6 is 0 Å². The number of H-pyrrole nitrogens is 1. The van der Waals surface area contributed by atoms with Gasteiger partial charge in [0, 0.05) is 57.8 Å². The van der Waals surface area contributed by atoms with E-state index in [0.29, 0.717) is 0 Å². The summed E-state index contributed by atoms with van der Waals surface area (Å²) in [5.74, 6) is 3.14. The fraction of sp³-hybridized carbons (Fsp3) is 0.300. The maximum Gasteiger partial charge on any atom is 0.132 e. The number of aromatic nitrogens is 2. The first-order chi connectivity index (χ1) is 22.2. The van der Waals surface area contributed by atoms with Crippen molar-refractivity contribution in [3.63, 3.8) is 0 Å². The number of nitrogens with zero attached hydrogens (tertiary/aromatic N) is 1. The molecule has 1 aliphatic rings. The molecule has 1 N–H and O–H groups in total. The molecule has 0 saturated carbocycles. The standard InChI is InChI=1S/C40H42N2O4/c1-22-10-14-26(15-11-22)38-36(37-24(3)34-30(41-37)18-28(43-6)20-32(34)45-8)40(5,27-16-12-23(2)13-17-27)39-25(4)35-31(42(38)39)19-29(44-7)21-33(35)46-9/h10-21,36,38,41H,1-9H3. The van der Waals surface area contributed by atoms with E-state index < -0.39 is 5.41 Å². The smallest absolute Gasteiger partial charge is 0.132 e. The Morgan fingerprint density at radius 3 is 1.80 bits per heavy atom. The lowest BCUT2D eigenvalue weighted by Gasteiger charge is -2.36. The zero-order chi connectivity index (χ0) is 32.5. The number of benzene rings is 4. The van der Waals surface area contributed by atoms with E-state index in [0.717, 1.165) is 44.8 Å². The summed E-state index contributed by atoms with van der Waals surface area (Å²) in [6.45, 7) is 11.2. The third-order valence-corrected chi connectivity index (χ3v) is 10.4. The van der Waals surface area contributed by atoms with Crippen LogP contribution in [0.4, 0.5) is 0 Å². The van der Waals surface area contributed by atoms with Gasteiger partial charge in [-0.25, -0.2) is 0 Å². The van der Waals surface area contributed by atoms with E-state index in [1.165, 1.54) is 44.8 Å². The summed E-state index contributed by atoms with van der Waals surface area (Å²) in [5, 5.41) is 2.20. The van der Waals surface area contributed by atoms with Crippen LogP contribution in [0.15, 0.2) is 72.8 Å². The van der Waals surface area contributed by atoms with Gasteiger partial charge in [0.05, 0.1) is 45.5 Å². The lowest BCUT2D eigenvalue weighted by molar-refractivity contribution is 0.396. The molecule has 0 bridgehead atoms. The summed E-state index contributed by atoms with van der Waals surface area (Å²) in [6.07, 6.45) is 0. The van der Waals surface area contributed by atoms with Crippen molar-refractivity contribution in [2.75, 3.05) is 28.4 Å². The molecule has 46 heavy (non-hydrogen) atoms. The van der Waals surface area contributed by atoms with Crippen LogP contribution < -0.4 is 18.9 Å². The highest BCUT2D eigenvalue weighted by Gasteiger charge is 2.55. The molecule has 3 unspecified atom stereocenters. The largest absolute Gasteiger partial charge is 0.497 e. The van der Waals surface area contributed by atoms with E-state index in [9.17, 15) is 0 Å². The highest BCUT2D eigenvalue weighted by Crippen LogP contribution is 2.62. The number of hydrogen-bond acceptors (Lipinski definition) is 4. The van der Waals surface area contributed by atoms with Gasteiger partial charge in [-0.05, 0) is 56.9 Å². The fourth-order valence-electron chi connectivity index (χ4n) is 8.19. The molecule has 3 heterocycles. The van der Waals surface area contributed by atoms with Gasteiger partial charge < -0.3 is 28.5 Å². The molecule has 4 aromatic carbocycles. The number of hydrogen-bond donors (Lipinski definition) is 1. The molecule has 236 valence electrons. The average molecular weight is 615 g/mol. The molecule has 6 heteroatoms. The number of nitrogens with one attached hydrogen (secondary N) is 1. The van der Waals surface area contributed by atoms with Crippen LogP contribution in [0.5, 0.6) is 23.0 Å². The predicted octanol–water partition coefficient (Wildman–Crippen LogP) is 9.08. The van der Waals surface area contributed by atoms with Gasteiger partial charge in [-0.15, -0.1) is 0 Å². The van der Waals surface area contributed by atoms with E-state index in [-0.39, 0.29) is 12.0 Å². The van der Waals surface area contributed by atoms with E-state index >= 15 is 0 Å². The predicted molar refractivity (Wildman–Crippen MR) is 186 cm³/mol. The van der Waals surface area contributed by atoms with Crippen molar-refractivity contribution in [2.24, 2.45) is 0 Å². The van der Waals surface area contributed by atoms with Crippen LogP contribution in [0, 0.1) is 27.7 Å². The Balaban J connectivity index is 1.65. The molecule has 0 spiro atoms. The van der Waals surface area contributed by atoms with Crippen LogP contribution in [0.2, 0.25) is 0 Å². The molecule has 6 aromatic rings. The first-order valence-corrected chi connectivity index (χ1v) is 15.8. The summed E-state index contributed by atoms with van der Waals surface area (Å²) in [6, 6.07) is 26.3. The summed E-state index contributed by atoms with van der Waals surface area (Å²) in [5.41, 5.74) is 11.5. The Kier molecular flexibility index (Phi) is 7.07.